The normalized spacial score (nSPS) is 15.3. The van der Waals surface area contributed by atoms with E-state index in [1.165, 1.54) is 4.90 Å². The lowest BCUT2D eigenvalue weighted by Crippen LogP contribution is -2.30. The lowest BCUT2D eigenvalue weighted by atomic mass is 9.98. The van der Waals surface area contributed by atoms with Crippen molar-refractivity contribution in [2.45, 2.75) is 46.1 Å². The first-order chi connectivity index (χ1) is 11.5. The Morgan fingerprint density at radius 2 is 2.12 bits per heavy atom. The van der Waals surface area contributed by atoms with E-state index in [9.17, 15) is 14.4 Å². The summed E-state index contributed by atoms with van der Waals surface area (Å²) in [7, 11) is 0. The Balaban J connectivity index is 2.00. The maximum absolute atomic E-state index is 12.4. The average molecular weight is 331 g/mol. The Morgan fingerprint density at radius 1 is 1.33 bits per heavy atom. The summed E-state index contributed by atoms with van der Waals surface area (Å²) >= 11 is 0. The second-order valence-electron chi connectivity index (χ2n) is 6.08. The zero-order chi connectivity index (χ0) is 17.5. The summed E-state index contributed by atoms with van der Waals surface area (Å²) in [5.41, 5.74) is 1.50. The molecule has 4 amide bonds. The van der Waals surface area contributed by atoms with Crippen LogP contribution >= 0.6 is 0 Å². The van der Waals surface area contributed by atoms with Gasteiger partial charge in [0.2, 0.25) is 11.8 Å². The van der Waals surface area contributed by atoms with E-state index >= 15 is 0 Å². The molecule has 1 aromatic carbocycles. The van der Waals surface area contributed by atoms with E-state index in [0.29, 0.717) is 5.69 Å². The number of unbranched alkanes of at least 4 members (excludes halogenated alkanes) is 1. The van der Waals surface area contributed by atoms with Crippen molar-refractivity contribution in [2.24, 2.45) is 5.92 Å². The molecule has 6 heteroatoms. The molecule has 0 spiro atoms. The number of hydrogen-bond donors (Lipinski definition) is 2. The Hall–Kier alpha value is -2.37. The second-order valence-corrected chi connectivity index (χ2v) is 6.08. The van der Waals surface area contributed by atoms with Crippen LogP contribution in [-0.2, 0) is 16.1 Å². The van der Waals surface area contributed by atoms with Gasteiger partial charge in [-0.1, -0.05) is 38.8 Å². The van der Waals surface area contributed by atoms with Crippen LogP contribution in [0, 0.1) is 5.92 Å². The Bertz CT molecular complexity index is 599. The predicted molar refractivity (Wildman–Crippen MR) is 92.3 cm³/mol. The monoisotopic (exact) mass is 331 g/mol. The van der Waals surface area contributed by atoms with Crippen LogP contribution in [-0.4, -0.2) is 29.3 Å². The van der Waals surface area contributed by atoms with Crippen LogP contribution in [0.3, 0.4) is 0 Å². The molecule has 1 aliphatic heterocycles. The maximum Gasteiger partial charge on any atom is 0.324 e. The number of urea groups is 1. The topological polar surface area (TPSA) is 78.5 Å². The molecule has 1 saturated heterocycles. The van der Waals surface area contributed by atoms with Crippen molar-refractivity contribution in [3.05, 3.63) is 29.8 Å². The fraction of sp³-hybridized carbons (Fsp3) is 0.500. The maximum atomic E-state index is 12.4. The molecule has 1 atom stereocenters. The Labute approximate surface area is 142 Å². The molecule has 0 aliphatic carbocycles. The van der Waals surface area contributed by atoms with Crippen molar-refractivity contribution in [2.75, 3.05) is 11.9 Å². The van der Waals surface area contributed by atoms with Crippen molar-refractivity contribution in [1.29, 1.82) is 0 Å². The van der Waals surface area contributed by atoms with Gasteiger partial charge in [0.15, 0.2) is 0 Å². The van der Waals surface area contributed by atoms with Crippen molar-refractivity contribution in [3.8, 4) is 0 Å². The predicted octanol–water partition coefficient (Wildman–Crippen LogP) is 2.89. The molecule has 1 aromatic rings. The van der Waals surface area contributed by atoms with Gasteiger partial charge in [-0.3, -0.25) is 14.5 Å². The molecule has 0 radical (unpaired) electrons. The highest BCUT2D eigenvalue weighted by Gasteiger charge is 2.28. The number of rotatable bonds is 8. The molecule has 0 bridgehead atoms. The van der Waals surface area contributed by atoms with Crippen LogP contribution in [0.1, 0.15) is 45.1 Å². The summed E-state index contributed by atoms with van der Waals surface area (Å²) in [5, 5.41) is 5.44. The first-order valence-electron chi connectivity index (χ1n) is 8.53. The lowest BCUT2D eigenvalue weighted by molar-refractivity contribution is -0.125. The molecule has 2 N–H and O–H groups in total. The summed E-state index contributed by atoms with van der Waals surface area (Å²) in [4.78, 5) is 36.8. The third-order valence-corrected chi connectivity index (χ3v) is 4.24. The van der Waals surface area contributed by atoms with Crippen molar-refractivity contribution in [1.82, 2.24) is 10.2 Å². The van der Waals surface area contributed by atoms with Crippen molar-refractivity contribution < 1.29 is 14.4 Å². The highest BCUT2D eigenvalue weighted by molar-refractivity contribution is 6.01. The fourth-order valence-corrected chi connectivity index (χ4v) is 2.76. The quantitative estimate of drug-likeness (QED) is 0.719. The van der Waals surface area contributed by atoms with Gasteiger partial charge in [-0.2, -0.15) is 0 Å². The van der Waals surface area contributed by atoms with Crippen molar-refractivity contribution >= 4 is 23.5 Å². The highest BCUT2D eigenvalue weighted by atomic mass is 16.2. The molecule has 0 aromatic heterocycles. The molecular formula is C18H25N3O3. The van der Waals surface area contributed by atoms with Gasteiger partial charge in [0, 0.05) is 11.6 Å². The third-order valence-electron chi connectivity index (χ3n) is 4.24. The third kappa shape index (κ3) is 4.57. The molecule has 0 saturated carbocycles. The molecule has 1 unspecified atom stereocenters. The van der Waals surface area contributed by atoms with E-state index in [2.05, 4.69) is 17.6 Å². The number of benzene rings is 1. The molecule has 130 valence electrons. The van der Waals surface area contributed by atoms with Gasteiger partial charge in [-0.05, 0) is 30.5 Å². The minimum Gasteiger partial charge on any atom is -0.329 e. The number of anilines is 1. The zero-order valence-corrected chi connectivity index (χ0v) is 14.3. The average Bonchev–Trinajstić information content (AvgIpc) is 2.88. The minimum absolute atomic E-state index is 0.0135. The van der Waals surface area contributed by atoms with Gasteiger partial charge < -0.3 is 10.6 Å². The Kier molecular flexibility index (Phi) is 6.35. The van der Waals surface area contributed by atoms with E-state index in [1.807, 2.05) is 31.2 Å². The number of amides is 4. The minimum atomic E-state index is -0.375. The molecule has 1 aliphatic rings. The number of imide groups is 1. The van der Waals surface area contributed by atoms with Crippen LogP contribution in [0.5, 0.6) is 0 Å². The second kappa shape index (κ2) is 8.47. The molecule has 6 nitrogen and oxygen atoms in total. The van der Waals surface area contributed by atoms with E-state index in [1.54, 1.807) is 0 Å². The van der Waals surface area contributed by atoms with E-state index in [0.717, 1.165) is 31.2 Å². The largest absolute Gasteiger partial charge is 0.329 e. The summed E-state index contributed by atoms with van der Waals surface area (Å²) in [5.74, 6) is -0.197. The number of nitrogens with zero attached hydrogens (tertiary/aromatic N) is 1. The first-order valence-corrected chi connectivity index (χ1v) is 8.53. The van der Waals surface area contributed by atoms with Crippen molar-refractivity contribution in [3.63, 3.8) is 0 Å². The zero-order valence-electron chi connectivity index (χ0n) is 14.3. The first kappa shape index (κ1) is 18.0. The number of carbonyl (C=O) groups is 3. The van der Waals surface area contributed by atoms with E-state index in [-0.39, 0.29) is 36.9 Å². The standard InChI is InChI=1S/C18H25N3O3/c1-3-5-8-14(4-2)17(23)20-15-9-6-7-13(10-15)12-21-16(22)11-19-18(21)24/h6-7,9-10,14H,3-5,8,11-12H2,1-2H3,(H,19,24)(H,20,23). The highest BCUT2D eigenvalue weighted by Crippen LogP contribution is 2.18. The summed E-state index contributed by atoms with van der Waals surface area (Å²) in [6.45, 7) is 4.39. The van der Waals surface area contributed by atoms with Gasteiger partial charge >= 0.3 is 6.03 Å². The van der Waals surface area contributed by atoms with Gasteiger partial charge in [-0.15, -0.1) is 0 Å². The van der Waals surface area contributed by atoms with Crippen LogP contribution in [0.15, 0.2) is 24.3 Å². The summed E-state index contributed by atoms with van der Waals surface area (Å²) in [6, 6.07) is 6.91. The number of nitrogens with one attached hydrogen (secondary N) is 2. The summed E-state index contributed by atoms with van der Waals surface area (Å²) in [6.07, 6.45) is 3.82. The number of hydrogen-bond acceptors (Lipinski definition) is 3. The molecule has 1 fully saturated rings. The van der Waals surface area contributed by atoms with Gasteiger partial charge in [0.05, 0.1) is 13.1 Å². The molecule has 1 heterocycles. The van der Waals surface area contributed by atoms with Crippen LogP contribution in [0.2, 0.25) is 0 Å². The molecule has 24 heavy (non-hydrogen) atoms. The SMILES string of the molecule is CCCCC(CC)C(=O)Nc1cccc(CN2C(=O)CNC2=O)c1. The van der Waals surface area contributed by atoms with Gasteiger partial charge in [0.1, 0.15) is 0 Å². The molecule has 2 rings (SSSR count). The van der Waals surface area contributed by atoms with E-state index in [4.69, 9.17) is 0 Å². The van der Waals surface area contributed by atoms with Crippen LogP contribution in [0.4, 0.5) is 10.5 Å². The summed E-state index contributed by atoms with van der Waals surface area (Å²) < 4.78 is 0. The lowest BCUT2D eigenvalue weighted by Gasteiger charge is -2.16. The van der Waals surface area contributed by atoms with Gasteiger partial charge in [-0.25, -0.2) is 4.79 Å². The van der Waals surface area contributed by atoms with Crippen LogP contribution < -0.4 is 10.6 Å². The Morgan fingerprint density at radius 3 is 2.75 bits per heavy atom. The smallest absolute Gasteiger partial charge is 0.324 e. The van der Waals surface area contributed by atoms with E-state index < -0.39 is 0 Å². The van der Waals surface area contributed by atoms with Crippen LogP contribution in [0.25, 0.3) is 0 Å². The fourth-order valence-electron chi connectivity index (χ4n) is 2.76. The van der Waals surface area contributed by atoms with Gasteiger partial charge in [0.25, 0.3) is 0 Å². The number of carbonyl (C=O) groups excluding carboxylic acids is 3. The molecular weight excluding hydrogens is 306 g/mol.